The monoisotopic (exact) mass is 286 g/mol. The van der Waals surface area contributed by atoms with E-state index in [1.165, 1.54) is 0 Å². The zero-order valence-corrected chi connectivity index (χ0v) is 13.1. The fraction of sp³-hybridized carbons (Fsp3) is 0.438. The third kappa shape index (κ3) is 5.11. The van der Waals surface area contributed by atoms with Gasteiger partial charge in [0, 0.05) is 30.2 Å². The highest BCUT2D eigenvalue weighted by atomic mass is 16.5. The maximum Gasteiger partial charge on any atom is 0.166 e. The first-order valence-electron chi connectivity index (χ1n) is 7.04. The van der Waals surface area contributed by atoms with E-state index in [1.54, 1.807) is 18.5 Å². The number of nitrogens with zero attached hydrogens (tertiary/aromatic N) is 3. The number of pyridine rings is 1. The number of hydrogen-bond donors (Lipinski definition) is 1. The van der Waals surface area contributed by atoms with Gasteiger partial charge in [0.05, 0.1) is 5.69 Å². The van der Waals surface area contributed by atoms with Crippen molar-refractivity contribution in [2.24, 2.45) is 0 Å². The second-order valence-electron chi connectivity index (χ2n) is 5.95. The molecule has 0 saturated carbocycles. The van der Waals surface area contributed by atoms with E-state index in [2.05, 4.69) is 41.0 Å². The number of hydrogen-bond acceptors (Lipinski definition) is 5. The summed E-state index contributed by atoms with van der Waals surface area (Å²) in [4.78, 5) is 12.9. The summed E-state index contributed by atoms with van der Waals surface area (Å²) < 4.78 is 5.82. The maximum absolute atomic E-state index is 5.82. The summed E-state index contributed by atoms with van der Waals surface area (Å²) in [6, 6.07) is 5.68. The Kier molecular flexibility index (Phi) is 4.85. The Hall–Kier alpha value is -2.01. The summed E-state index contributed by atoms with van der Waals surface area (Å²) in [5.41, 5.74) is 1.91. The first-order chi connectivity index (χ1) is 9.94. The topological polar surface area (TPSA) is 59.9 Å². The van der Waals surface area contributed by atoms with E-state index < -0.39 is 0 Å². The van der Waals surface area contributed by atoms with E-state index in [-0.39, 0.29) is 5.54 Å². The largest absolute Gasteiger partial charge is 0.484 e. The molecule has 0 radical (unpaired) electrons. The number of ether oxygens (including phenoxy) is 1. The number of rotatable bonds is 5. The molecule has 21 heavy (non-hydrogen) atoms. The Balaban J connectivity index is 2.07. The molecule has 0 unspecified atom stereocenters. The first-order valence-corrected chi connectivity index (χ1v) is 7.04. The number of aryl methyl sites for hydroxylation is 1. The molecule has 0 aromatic carbocycles. The van der Waals surface area contributed by atoms with Crippen LogP contribution in [-0.2, 0) is 13.2 Å². The lowest BCUT2D eigenvalue weighted by Gasteiger charge is -2.21. The SMILES string of the molecule is Cc1ccc(OCc2ncccn2)c(CNC(C)(C)C)n1. The van der Waals surface area contributed by atoms with E-state index in [4.69, 9.17) is 4.74 Å². The van der Waals surface area contributed by atoms with Crippen LogP contribution in [0.1, 0.15) is 38.0 Å². The summed E-state index contributed by atoms with van der Waals surface area (Å²) in [7, 11) is 0. The molecule has 0 aliphatic carbocycles. The molecule has 0 saturated heterocycles. The third-order valence-electron chi connectivity index (χ3n) is 2.83. The number of aromatic nitrogens is 3. The van der Waals surface area contributed by atoms with E-state index in [0.717, 1.165) is 17.1 Å². The molecule has 0 bridgehead atoms. The van der Waals surface area contributed by atoms with Gasteiger partial charge in [0.2, 0.25) is 0 Å². The van der Waals surface area contributed by atoms with Gasteiger partial charge in [-0.05, 0) is 45.9 Å². The van der Waals surface area contributed by atoms with Crippen LogP contribution >= 0.6 is 0 Å². The zero-order chi connectivity index (χ0) is 15.3. The fourth-order valence-electron chi connectivity index (χ4n) is 1.75. The minimum atomic E-state index is 0.0330. The first kappa shape index (κ1) is 15.4. The van der Waals surface area contributed by atoms with Crippen LogP contribution in [0, 0.1) is 6.92 Å². The van der Waals surface area contributed by atoms with Crippen molar-refractivity contribution in [1.29, 1.82) is 0 Å². The standard InChI is InChI=1S/C16H22N4O/c1-12-6-7-14(13(20-12)10-19-16(2,3)4)21-11-15-17-8-5-9-18-15/h5-9,19H,10-11H2,1-4H3. The van der Waals surface area contributed by atoms with Gasteiger partial charge in [-0.1, -0.05) is 0 Å². The van der Waals surface area contributed by atoms with Crippen LogP contribution in [0.15, 0.2) is 30.6 Å². The maximum atomic E-state index is 5.82. The summed E-state index contributed by atoms with van der Waals surface area (Å²) in [6.45, 7) is 9.36. The van der Waals surface area contributed by atoms with Crippen LogP contribution in [-0.4, -0.2) is 20.5 Å². The van der Waals surface area contributed by atoms with Crippen LogP contribution in [0.4, 0.5) is 0 Å². The Morgan fingerprint density at radius 2 is 1.86 bits per heavy atom. The molecule has 2 aromatic heterocycles. The Morgan fingerprint density at radius 3 is 2.52 bits per heavy atom. The average molecular weight is 286 g/mol. The molecule has 2 aromatic rings. The summed E-state index contributed by atoms with van der Waals surface area (Å²) >= 11 is 0. The molecule has 0 amide bonds. The lowest BCUT2D eigenvalue weighted by molar-refractivity contribution is 0.288. The molecule has 2 heterocycles. The molecule has 0 fully saturated rings. The van der Waals surface area contributed by atoms with Crippen LogP contribution in [0.2, 0.25) is 0 Å². The molecule has 112 valence electrons. The van der Waals surface area contributed by atoms with E-state index in [1.807, 2.05) is 19.1 Å². The highest BCUT2D eigenvalue weighted by Gasteiger charge is 2.12. The summed E-state index contributed by atoms with van der Waals surface area (Å²) in [5.74, 6) is 1.43. The van der Waals surface area contributed by atoms with Crippen LogP contribution in [0.3, 0.4) is 0 Å². The van der Waals surface area contributed by atoms with Crippen LogP contribution < -0.4 is 10.1 Å². The summed E-state index contributed by atoms with van der Waals surface area (Å²) in [5, 5.41) is 3.43. The van der Waals surface area contributed by atoms with Gasteiger partial charge >= 0.3 is 0 Å². The van der Waals surface area contributed by atoms with Crippen LogP contribution in [0.25, 0.3) is 0 Å². The van der Waals surface area contributed by atoms with Gasteiger partial charge in [0.25, 0.3) is 0 Å². The van der Waals surface area contributed by atoms with Crippen molar-refractivity contribution < 1.29 is 4.74 Å². The van der Waals surface area contributed by atoms with Crippen molar-refractivity contribution in [2.75, 3.05) is 0 Å². The molecule has 0 aliphatic heterocycles. The van der Waals surface area contributed by atoms with E-state index in [0.29, 0.717) is 19.0 Å². The average Bonchev–Trinajstić information content (AvgIpc) is 2.44. The summed E-state index contributed by atoms with van der Waals surface area (Å²) in [6.07, 6.45) is 3.42. The van der Waals surface area contributed by atoms with Crippen molar-refractivity contribution in [3.05, 3.63) is 47.8 Å². The molecular formula is C16H22N4O. The highest BCUT2D eigenvalue weighted by molar-refractivity contribution is 5.29. The predicted molar refractivity (Wildman–Crippen MR) is 81.9 cm³/mol. The normalized spacial score (nSPS) is 11.4. The van der Waals surface area contributed by atoms with E-state index >= 15 is 0 Å². The molecule has 0 aliphatic rings. The van der Waals surface area contributed by atoms with Crippen LogP contribution in [0.5, 0.6) is 5.75 Å². The molecule has 0 spiro atoms. The van der Waals surface area contributed by atoms with Crippen molar-refractivity contribution in [3.63, 3.8) is 0 Å². The van der Waals surface area contributed by atoms with Gasteiger partial charge in [0.15, 0.2) is 5.82 Å². The lowest BCUT2D eigenvalue weighted by atomic mass is 10.1. The Bertz CT molecular complexity index is 579. The van der Waals surface area contributed by atoms with Gasteiger partial charge in [-0.3, -0.25) is 4.98 Å². The van der Waals surface area contributed by atoms with Gasteiger partial charge in [-0.15, -0.1) is 0 Å². The van der Waals surface area contributed by atoms with Gasteiger partial charge < -0.3 is 10.1 Å². The Labute approximate surface area is 125 Å². The third-order valence-corrected chi connectivity index (χ3v) is 2.83. The quantitative estimate of drug-likeness (QED) is 0.915. The Morgan fingerprint density at radius 1 is 1.14 bits per heavy atom. The second-order valence-corrected chi connectivity index (χ2v) is 5.95. The van der Waals surface area contributed by atoms with Crippen molar-refractivity contribution in [3.8, 4) is 5.75 Å². The van der Waals surface area contributed by atoms with Crippen molar-refractivity contribution >= 4 is 0 Å². The minimum Gasteiger partial charge on any atom is -0.484 e. The molecule has 5 heteroatoms. The second kappa shape index (κ2) is 6.63. The van der Waals surface area contributed by atoms with Gasteiger partial charge in [-0.25, -0.2) is 9.97 Å². The van der Waals surface area contributed by atoms with Crippen molar-refractivity contribution in [2.45, 2.75) is 46.4 Å². The smallest absolute Gasteiger partial charge is 0.166 e. The molecule has 0 atom stereocenters. The lowest BCUT2D eigenvalue weighted by Crippen LogP contribution is -2.35. The number of nitrogens with one attached hydrogen (secondary N) is 1. The minimum absolute atomic E-state index is 0.0330. The zero-order valence-electron chi connectivity index (χ0n) is 13.1. The molecule has 2 rings (SSSR count). The van der Waals surface area contributed by atoms with Gasteiger partial charge in [-0.2, -0.15) is 0 Å². The van der Waals surface area contributed by atoms with Crippen molar-refractivity contribution in [1.82, 2.24) is 20.3 Å². The molecule has 5 nitrogen and oxygen atoms in total. The highest BCUT2D eigenvalue weighted by Crippen LogP contribution is 2.18. The predicted octanol–water partition coefficient (Wildman–Crippen LogP) is 2.65. The van der Waals surface area contributed by atoms with E-state index in [9.17, 15) is 0 Å². The van der Waals surface area contributed by atoms with Gasteiger partial charge in [0.1, 0.15) is 12.4 Å². The molecular weight excluding hydrogens is 264 g/mol. The fourth-order valence-corrected chi connectivity index (χ4v) is 1.75. The molecule has 1 N–H and O–H groups in total.